The second-order valence-corrected chi connectivity index (χ2v) is 7.52. The van der Waals surface area contributed by atoms with E-state index in [1.807, 2.05) is 0 Å². The molecule has 0 bridgehead atoms. The standard InChI is InChI=1S/C22H18F2N2O4/c1-12(2)19-21(29)30-22(25-19,15-9-8-13(23)10-17(15)24)16-11-18(27)26(20(16)28)14-6-4-3-5-7-14/h3-10,12,16H,11H2,1-2H3/t16-,22-/m0/s1. The van der Waals surface area contributed by atoms with Crippen molar-refractivity contribution in [2.45, 2.75) is 26.0 Å². The Kier molecular flexibility index (Phi) is 4.72. The van der Waals surface area contributed by atoms with Crippen LogP contribution in [0.1, 0.15) is 25.8 Å². The van der Waals surface area contributed by atoms with Gasteiger partial charge < -0.3 is 4.74 Å². The van der Waals surface area contributed by atoms with Crippen LogP contribution in [0.25, 0.3) is 0 Å². The van der Waals surface area contributed by atoms with Gasteiger partial charge in [-0.15, -0.1) is 0 Å². The molecule has 0 radical (unpaired) electrons. The van der Waals surface area contributed by atoms with Gasteiger partial charge in [0, 0.05) is 18.4 Å². The molecule has 0 aliphatic carbocycles. The van der Waals surface area contributed by atoms with Crippen LogP contribution in [0.3, 0.4) is 0 Å². The summed E-state index contributed by atoms with van der Waals surface area (Å²) in [6.45, 7) is 3.41. The lowest BCUT2D eigenvalue weighted by atomic mass is 9.87. The molecule has 0 N–H and O–H groups in total. The first kappa shape index (κ1) is 19.9. The fourth-order valence-corrected chi connectivity index (χ4v) is 3.82. The number of benzene rings is 2. The molecule has 2 aliphatic rings. The van der Waals surface area contributed by atoms with Crippen LogP contribution < -0.4 is 4.90 Å². The minimum absolute atomic E-state index is 0.0251. The van der Waals surface area contributed by atoms with Crippen molar-refractivity contribution < 1.29 is 27.9 Å². The molecule has 0 aromatic heterocycles. The molecule has 154 valence electrons. The van der Waals surface area contributed by atoms with E-state index in [9.17, 15) is 23.2 Å². The lowest BCUT2D eigenvalue weighted by molar-refractivity contribution is -0.156. The van der Waals surface area contributed by atoms with Crippen LogP contribution in [0.15, 0.2) is 53.5 Å². The van der Waals surface area contributed by atoms with Crippen molar-refractivity contribution in [2.75, 3.05) is 4.90 Å². The van der Waals surface area contributed by atoms with Gasteiger partial charge in [0.1, 0.15) is 23.3 Å². The highest BCUT2D eigenvalue weighted by molar-refractivity contribution is 6.38. The normalized spacial score (nSPS) is 23.9. The molecular weight excluding hydrogens is 394 g/mol. The number of aliphatic imine (C=N–C) groups is 1. The third-order valence-corrected chi connectivity index (χ3v) is 5.24. The maximum Gasteiger partial charge on any atom is 0.355 e. The van der Waals surface area contributed by atoms with Gasteiger partial charge in [0.2, 0.25) is 17.5 Å². The van der Waals surface area contributed by atoms with E-state index in [2.05, 4.69) is 4.99 Å². The van der Waals surface area contributed by atoms with Gasteiger partial charge in [-0.05, 0) is 24.3 Å². The average Bonchev–Trinajstić information content (AvgIpc) is 3.20. The van der Waals surface area contributed by atoms with Gasteiger partial charge in [-0.3, -0.25) is 14.5 Å². The summed E-state index contributed by atoms with van der Waals surface area (Å²) in [5, 5.41) is 0. The quantitative estimate of drug-likeness (QED) is 0.570. The van der Waals surface area contributed by atoms with Crippen molar-refractivity contribution in [1.29, 1.82) is 0 Å². The molecule has 4 rings (SSSR count). The van der Waals surface area contributed by atoms with Crippen molar-refractivity contribution >= 4 is 29.2 Å². The van der Waals surface area contributed by atoms with E-state index in [0.29, 0.717) is 11.8 Å². The zero-order valence-corrected chi connectivity index (χ0v) is 16.3. The van der Waals surface area contributed by atoms with Crippen LogP contribution in [0, 0.1) is 23.5 Å². The third kappa shape index (κ3) is 2.99. The minimum atomic E-state index is -2.08. The zero-order chi connectivity index (χ0) is 21.6. The Morgan fingerprint density at radius 1 is 1.10 bits per heavy atom. The SMILES string of the molecule is CC(C)C1=N[C@](c2ccc(F)cc2F)([C@H]2CC(=O)N(c3ccccc3)C2=O)OC1=O. The van der Waals surface area contributed by atoms with E-state index in [0.717, 1.165) is 17.0 Å². The Balaban J connectivity index is 1.87. The molecule has 6 nitrogen and oxygen atoms in total. The van der Waals surface area contributed by atoms with E-state index in [1.165, 1.54) is 0 Å². The van der Waals surface area contributed by atoms with Crippen molar-refractivity contribution in [3.8, 4) is 0 Å². The Bertz CT molecular complexity index is 1080. The fourth-order valence-electron chi connectivity index (χ4n) is 3.82. The van der Waals surface area contributed by atoms with Crippen LogP contribution >= 0.6 is 0 Å². The number of anilines is 1. The van der Waals surface area contributed by atoms with E-state index >= 15 is 0 Å². The molecule has 0 spiro atoms. The summed E-state index contributed by atoms with van der Waals surface area (Å²) in [4.78, 5) is 43.9. The molecule has 2 atom stereocenters. The first-order valence-corrected chi connectivity index (χ1v) is 9.45. The van der Waals surface area contributed by atoms with E-state index in [4.69, 9.17) is 4.74 Å². The van der Waals surface area contributed by atoms with E-state index in [-0.39, 0.29) is 23.6 Å². The summed E-state index contributed by atoms with van der Waals surface area (Å²) in [7, 11) is 0. The topological polar surface area (TPSA) is 76.0 Å². The molecule has 2 aromatic carbocycles. The molecule has 1 saturated heterocycles. The summed E-state index contributed by atoms with van der Waals surface area (Å²) in [6, 6.07) is 11.0. The first-order chi connectivity index (χ1) is 14.2. The number of halogens is 2. The molecule has 2 aliphatic heterocycles. The molecule has 2 amide bonds. The van der Waals surface area contributed by atoms with Crippen LogP contribution in [0.5, 0.6) is 0 Å². The lowest BCUT2D eigenvalue weighted by Crippen LogP contribution is -2.41. The van der Waals surface area contributed by atoms with Gasteiger partial charge in [-0.25, -0.2) is 18.6 Å². The largest absolute Gasteiger partial charge is 0.427 e. The highest BCUT2D eigenvalue weighted by atomic mass is 19.1. The second-order valence-electron chi connectivity index (χ2n) is 7.52. The highest BCUT2D eigenvalue weighted by Crippen LogP contribution is 2.46. The van der Waals surface area contributed by atoms with Gasteiger partial charge in [0.15, 0.2) is 0 Å². The van der Waals surface area contributed by atoms with Crippen LogP contribution in [-0.2, 0) is 24.8 Å². The van der Waals surface area contributed by atoms with Crippen LogP contribution in [-0.4, -0.2) is 23.5 Å². The molecular formula is C22H18F2N2O4. The fraction of sp³-hybridized carbons (Fsp3) is 0.273. The number of cyclic esters (lactones) is 1. The Hall–Kier alpha value is -3.42. The molecule has 1 fully saturated rings. The number of esters is 1. The summed E-state index contributed by atoms with van der Waals surface area (Å²) in [5.74, 6) is -5.49. The maximum absolute atomic E-state index is 14.8. The number of carbonyl (C=O) groups excluding carboxylic acids is 3. The molecule has 0 unspecified atom stereocenters. The van der Waals surface area contributed by atoms with E-state index in [1.54, 1.807) is 44.2 Å². The van der Waals surface area contributed by atoms with Gasteiger partial charge in [-0.1, -0.05) is 32.0 Å². The monoisotopic (exact) mass is 412 g/mol. The summed E-state index contributed by atoms with van der Waals surface area (Å²) < 4.78 is 33.8. The number of nitrogens with zero attached hydrogens (tertiary/aromatic N) is 2. The smallest absolute Gasteiger partial charge is 0.355 e. The van der Waals surface area contributed by atoms with Crippen molar-refractivity contribution in [1.82, 2.24) is 0 Å². The average molecular weight is 412 g/mol. The number of imide groups is 1. The Labute approximate surface area is 171 Å². The summed E-state index contributed by atoms with van der Waals surface area (Å²) >= 11 is 0. The molecule has 8 heteroatoms. The van der Waals surface area contributed by atoms with Gasteiger partial charge in [-0.2, -0.15) is 0 Å². The van der Waals surface area contributed by atoms with Crippen LogP contribution in [0.2, 0.25) is 0 Å². The molecule has 0 saturated carbocycles. The predicted octanol–water partition coefficient (Wildman–Crippen LogP) is 3.35. The number of hydrogen-bond donors (Lipinski definition) is 0. The summed E-state index contributed by atoms with van der Waals surface area (Å²) in [5.41, 5.74) is -1.97. The van der Waals surface area contributed by atoms with Crippen molar-refractivity contribution in [2.24, 2.45) is 16.8 Å². The number of hydrogen-bond acceptors (Lipinski definition) is 5. The Morgan fingerprint density at radius 2 is 1.80 bits per heavy atom. The number of rotatable bonds is 4. The van der Waals surface area contributed by atoms with Crippen LogP contribution in [0.4, 0.5) is 14.5 Å². The first-order valence-electron chi connectivity index (χ1n) is 9.45. The van der Waals surface area contributed by atoms with Crippen molar-refractivity contribution in [3.05, 3.63) is 65.7 Å². The number of carbonyl (C=O) groups is 3. The van der Waals surface area contributed by atoms with Crippen molar-refractivity contribution in [3.63, 3.8) is 0 Å². The third-order valence-electron chi connectivity index (χ3n) is 5.24. The van der Waals surface area contributed by atoms with Gasteiger partial charge >= 0.3 is 5.97 Å². The Morgan fingerprint density at radius 3 is 2.40 bits per heavy atom. The highest BCUT2D eigenvalue weighted by Gasteiger charge is 2.59. The van der Waals surface area contributed by atoms with Gasteiger partial charge in [0.05, 0.1) is 11.3 Å². The zero-order valence-electron chi connectivity index (χ0n) is 16.3. The number of amides is 2. The summed E-state index contributed by atoms with van der Waals surface area (Å²) in [6.07, 6.45) is -0.341. The second kappa shape index (κ2) is 7.12. The minimum Gasteiger partial charge on any atom is -0.427 e. The predicted molar refractivity (Wildman–Crippen MR) is 103 cm³/mol. The van der Waals surface area contributed by atoms with Gasteiger partial charge in [0.25, 0.3) is 0 Å². The molecule has 2 heterocycles. The number of ether oxygens (including phenoxy) is 1. The number of para-hydroxylation sites is 1. The van der Waals surface area contributed by atoms with E-state index < -0.39 is 41.1 Å². The maximum atomic E-state index is 14.8. The lowest BCUT2D eigenvalue weighted by Gasteiger charge is -2.30. The molecule has 2 aromatic rings. The molecule has 30 heavy (non-hydrogen) atoms.